The largest absolute Gasteiger partial charge is 0.356 e. The number of carbonyl (C=O) groups is 1. The molecule has 1 amide bonds. The predicted molar refractivity (Wildman–Crippen MR) is 96.7 cm³/mol. The topological polar surface area (TPSA) is 50.2 Å². The number of halogens is 2. The molecule has 1 aromatic heterocycles. The van der Waals surface area contributed by atoms with Crippen LogP contribution in [0.3, 0.4) is 0 Å². The molecule has 1 fully saturated rings. The van der Waals surface area contributed by atoms with Gasteiger partial charge in [0.2, 0.25) is 5.91 Å². The fraction of sp³-hybridized carbons (Fsp3) is 0.500. The number of benzene rings is 1. The van der Waals surface area contributed by atoms with Gasteiger partial charge in [0, 0.05) is 38.3 Å². The van der Waals surface area contributed by atoms with Crippen LogP contribution < -0.4 is 5.32 Å². The van der Waals surface area contributed by atoms with Gasteiger partial charge in [-0.15, -0.1) is 0 Å². The molecule has 1 aliphatic carbocycles. The van der Waals surface area contributed by atoms with Crippen molar-refractivity contribution in [3.05, 3.63) is 53.4 Å². The summed E-state index contributed by atoms with van der Waals surface area (Å²) in [5.41, 5.74) is 1.85. The Balaban J connectivity index is 1.38. The highest BCUT2D eigenvalue weighted by atomic mass is 19.2. The molecule has 2 heterocycles. The van der Waals surface area contributed by atoms with Gasteiger partial charge in [-0.05, 0) is 43.0 Å². The van der Waals surface area contributed by atoms with Crippen LogP contribution in [0.15, 0.2) is 30.5 Å². The fourth-order valence-electron chi connectivity index (χ4n) is 3.87. The maximum absolute atomic E-state index is 13.5. The third kappa shape index (κ3) is 4.03. The summed E-state index contributed by atoms with van der Waals surface area (Å²) in [5.74, 6) is -1.28. The van der Waals surface area contributed by atoms with E-state index in [9.17, 15) is 13.6 Å². The number of rotatable bonds is 6. The number of hydrogen-bond acceptors (Lipinski definition) is 3. The van der Waals surface area contributed by atoms with E-state index < -0.39 is 11.6 Å². The second-order valence-electron chi connectivity index (χ2n) is 7.55. The summed E-state index contributed by atoms with van der Waals surface area (Å²) in [6.07, 6.45) is 5.73. The van der Waals surface area contributed by atoms with Gasteiger partial charge in [0.25, 0.3) is 0 Å². The monoisotopic (exact) mass is 374 g/mol. The molecule has 1 aromatic carbocycles. The molecule has 1 atom stereocenters. The van der Waals surface area contributed by atoms with Crippen LogP contribution >= 0.6 is 0 Å². The standard InChI is InChI=1S/C20H24F2N4O/c21-18-5-4-14(10-19(18)22)11-25-12-16(26-17(13-25)7-9-24-26)6-8-23-20(27)15-2-1-3-15/h4-5,7,9-10,15-16H,1-3,6,8,11-13H2,(H,23,27). The van der Waals surface area contributed by atoms with Crippen molar-refractivity contribution in [1.82, 2.24) is 20.0 Å². The van der Waals surface area contributed by atoms with Crippen molar-refractivity contribution in [2.45, 2.75) is 44.8 Å². The van der Waals surface area contributed by atoms with Crippen LogP contribution in [0.4, 0.5) is 8.78 Å². The summed E-state index contributed by atoms with van der Waals surface area (Å²) in [5, 5.41) is 7.48. The van der Waals surface area contributed by atoms with Gasteiger partial charge >= 0.3 is 0 Å². The Morgan fingerprint density at radius 1 is 1.22 bits per heavy atom. The number of hydrogen-bond donors (Lipinski definition) is 1. The van der Waals surface area contributed by atoms with E-state index in [0.717, 1.165) is 43.5 Å². The molecule has 0 bridgehead atoms. The molecular formula is C20H24F2N4O. The van der Waals surface area contributed by atoms with Gasteiger partial charge in [0.15, 0.2) is 11.6 Å². The lowest BCUT2D eigenvalue weighted by molar-refractivity contribution is -0.127. The average molecular weight is 374 g/mol. The first-order valence-electron chi connectivity index (χ1n) is 9.56. The van der Waals surface area contributed by atoms with E-state index in [0.29, 0.717) is 19.6 Å². The summed E-state index contributed by atoms with van der Waals surface area (Å²) in [6, 6.07) is 6.19. The molecule has 1 aliphatic heterocycles. The third-order valence-electron chi connectivity index (χ3n) is 5.60. The number of carbonyl (C=O) groups excluding carboxylic acids is 1. The Labute approximate surface area is 157 Å². The van der Waals surface area contributed by atoms with Crippen molar-refractivity contribution >= 4 is 5.91 Å². The van der Waals surface area contributed by atoms with Crippen molar-refractivity contribution in [3.63, 3.8) is 0 Å². The zero-order valence-corrected chi connectivity index (χ0v) is 15.2. The smallest absolute Gasteiger partial charge is 0.223 e. The first kappa shape index (κ1) is 18.1. The third-order valence-corrected chi connectivity index (χ3v) is 5.60. The van der Waals surface area contributed by atoms with E-state index in [2.05, 4.69) is 15.3 Å². The van der Waals surface area contributed by atoms with Crippen LogP contribution in [0, 0.1) is 17.6 Å². The lowest BCUT2D eigenvalue weighted by atomic mass is 9.85. The van der Waals surface area contributed by atoms with Gasteiger partial charge in [-0.1, -0.05) is 12.5 Å². The number of amides is 1. The highest BCUT2D eigenvalue weighted by Gasteiger charge is 2.27. The van der Waals surface area contributed by atoms with E-state index in [1.165, 1.54) is 12.1 Å². The minimum Gasteiger partial charge on any atom is -0.356 e. The van der Waals surface area contributed by atoms with Crippen LogP contribution in [-0.2, 0) is 17.9 Å². The quantitative estimate of drug-likeness (QED) is 0.846. The van der Waals surface area contributed by atoms with Crippen molar-refractivity contribution < 1.29 is 13.6 Å². The molecule has 7 heteroatoms. The lowest BCUT2D eigenvalue weighted by Gasteiger charge is -2.34. The van der Waals surface area contributed by atoms with Crippen LogP contribution in [-0.4, -0.2) is 33.7 Å². The molecule has 5 nitrogen and oxygen atoms in total. The molecule has 2 aliphatic rings. The summed E-state index contributed by atoms with van der Waals surface area (Å²) >= 11 is 0. The van der Waals surface area contributed by atoms with Crippen molar-refractivity contribution in [2.24, 2.45) is 5.92 Å². The minimum absolute atomic E-state index is 0.149. The zero-order valence-electron chi connectivity index (χ0n) is 15.2. The van der Waals surface area contributed by atoms with E-state index >= 15 is 0 Å². The molecule has 1 N–H and O–H groups in total. The van der Waals surface area contributed by atoms with Crippen molar-refractivity contribution in [2.75, 3.05) is 13.1 Å². The normalized spacial score (nSPS) is 20.1. The number of fused-ring (bicyclic) bond motifs is 1. The molecule has 1 unspecified atom stereocenters. The maximum Gasteiger partial charge on any atom is 0.223 e. The highest BCUT2D eigenvalue weighted by molar-refractivity contribution is 5.79. The first-order chi connectivity index (χ1) is 13.1. The fourth-order valence-corrected chi connectivity index (χ4v) is 3.87. The van der Waals surface area contributed by atoms with Crippen LogP contribution in [0.2, 0.25) is 0 Å². The SMILES string of the molecule is O=C(NCCC1CN(Cc2ccc(F)c(F)c2)Cc2ccnn21)C1CCC1. The Kier molecular flexibility index (Phi) is 5.20. The summed E-state index contributed by atoms with van der Waals surface area (Å²) in [6.45, 7) is 2.64. The molecular weight excluding hydrogens is 350 g/mol. The van der Waals surface area contributed by atoms with Gasteiger partial charge < -0.3 is 5.32 Å². The number of nitrogens with zero attached hydrogens (tertiary/aromatic N) is 3. The van der Waals surface area contributed by atoms with Gasteiger partial charge in [-0.3, -0.25) is 14.4 Å². The summed E-state index contributed by atoms with van der Waals surface area (Å²) < 4.78 is 28.7. The second kappa shape index (κ2) is 7.76. The number of nitrogens with one attached hydrogen (secondary N) is 1. The molecule has 0 spiro atoms. The molecule has 1 saturated carbocycles. The lowest BCUT2D eigenvalue weighted by Crippen LogP contribution is -2.40. The second-order valence-corrected chi connectivity index (χ2v) is 7.55. The van der Waals surface area contributed by atoms with Crippen LogP contribution in [0.1, 0.15) is 43.0 Å². The van der Waals surface area contributed by atoms with E-state index in [4.69, 9.17) is 0 Å². The predicted octanol–water partition coefficient (Wildman–Crippen LogP) is 3.02. The van der Waals surface area contributed by atoms with E-state index in [1.807, 2.05) is 10.7 Å². The van der Waals surface area contributed by atoms with E-state index in [1.54, 1.807) is 12.3 Å². The summed E-state index contributed by atoms with van der Waals surface area (Å²) in [7, 11) is 0. The molecule has 0 saturated heterocycles. The van der Waals surface area contributed by atoms with Crippen molar-refractivity contribution in [3.8, 4) is 0 Å². The summed E-state index contributed by atoms with van der Waals surface area (Å²) in [4.78, 5) is 14.2. The molecule has 2 aromatic rings. The minimum atomic E-state index is -0.824. The van der Waals surface area contributed by atoms with Gasteiger partial charge in [0.05, 0.1) is 11.7 Å². The Morgan fingerprint density at radius 3 is 2.81 bits per heavy atom. The van der Waals surface area contributed by atoms with Crippen LogP contribution in [0.25, 0.3) is 0 Å². The first-order valence-corrected chi connectivity index (χ1v) is 9.56. The Morgan fingerprint density at radius 2 is 2.07 bits per heavy atom. The molecule has 144 valence electrons. The molecule has 4 rings (SSSR count). The van der Waals surface area contributed by atoms with Gasteiger partial charge in [-0.2, -0.15) is 5.10 Å². The van der Waals surface area contributed by atoms with Gasteiger partial charge in [-0.25, -0.2) is 8.78 Å². The van der Waals surface area contributed by atoms with Crippen molar-refractivity contribution in [1.29, 1.82) is 0 Å². The zero-order chi connectivity index (χ0) is 18.8. The Bertz CT molecular complexity index is 818. The average Bonchev–Trinajstić information content (AvgIpc) is 3.05. The highest BCUT2D eigenvalue weighted by Crippen LogP contribution is 2.27. The number of aromatic nitrogens is 2. The molecule has 0 radical (unpaired) electrons. The maximum atomic E-state index is 13.5. The molecule has 27 heavy (non-hydrogen) atoms. The van der Waals surface area contributed by atoms with Crippen LogP contribution in [0.5, 0.6) is 0 Å². The Hall–Kier alpha value is -2.28. The van der Waals surface area contributed by atoms with Gasteiger partial charge in [0.1, 0.15) is 0 Å². The van der Waals surface area contributed by atoms with E-state index in [-0.39, 0.29) is 17.9 Å².